The fourth-order valence-corrected chi connectivity index (χ4v) is 3.88. The molecule has 2 rings (SSSR count). The van der Waals surface area contributed by atoms with E-state index < -0.39 is 10.0 Å². The number of hydrogen-bond donors (Lipinski definition) is 0. The summed E-state index contributed by atoms with van der Waals surface area (Å²) in [6.45, 7) is 1.28. The minimum atomic E-state index is -3.52. The molecule has 0 radical (unpaired) electrons. The average molecular weight is 375 g/mol. The van der Waals surface area contributed by atoms with Crippen LogP contribution in [-0.2, 0) is 14.8 Å². The Bertz CT molecular complexity index is 612. The number of benzene rings is 1. The highest BCUT2D eigenvalue weighted by atomic mass is 79.9. The third kappa shape index (κ3) is 4.20. The lowest BCUT2D eigenvalue weighted by Gasteiger charge is -2.30. The first-order valence-corrected chi connectivity index (χ1v) is 9.54. The molecule has 0 spiro atoms. The second kappa shape index (κ2) is 6.79. The van der Waals surface area contributed by atoms with E-state index in [4.69, 9.17) is 0 Å². The Balaban J connectivity index is 2.22. The third-order valence-electron chi connectivity index (χ3n) is 3.51. The van der Waals surface area contributed by atoms with Crippen LogP contribution >= 0.6 is 15.9 Å². The molecular weight excluding hydrogens is 356 g/mol. The summed E-state index contributed by atoms with van der Waals surface area (Å²) in [5.74, 6) is -0.143. The number of piperidine rings is 1. The third-order valence-corrected chi connectivity index (χ3v) is 5.31. The van der Waals surface area contributed by atoms with Crippen LogP contribution in [0.4, 0.5) is 5.69 Å². The number of likely N-dealkylation sites (tertiary alicyclic amines) is 1. The fraction of sp³-hybridized carbons (Fsp3) is 0.500. The van der Waals surface area contributed by atoms with Crippen molar-refractivity contribution in [2.45, 2.75) is 19.3 Å². The van der Waals surface area contributed by atoms with Gasteiger partial charge in [-0.2, -0.15) is 0 Å². The lowest BCUT2D eigenvalue weighted by Crippen LogP contribution is -2.44. The van der Waals surface area contributed by atoms with Gasteiger partial charge in [0, 0.05) is 17.6 Å². The zero-order valence-electron chi connectivity index (χ0n) is 12.0. The van der Waals surface area contributed by atoms with Gasteiger partial charge < -0.3 is 4.90 Å². The maximum Gasteiger partial charge on any atom is 0.243 e. The highest BCUT2D eigenvalue weighted by Crippen LogP contribution is 2.27. The van der Waals surface area contributed by atoms with Crippen molar-refractivity contribution in [1.82, 2.24) is 4.90 Å². The predicted molar refractivity (Wildman–Crippen MR) is 86.8 cm³/mol. The van der Waals surface area contributed by atoms with Crippen LogP contribution in [0.3, 0.4) is 0 Å². The van der Waals surface area contributed by atoms with Gasteiger partial charge in [0.15, 0.2) is 0 Å². The number of hydrogen-bond acceptors (Lipinski definition) is 3. The molecule has 21 heavy (non-hydrogen) atoms. The standard InChI is InChI=1S/C14H19BrN2O3S/c1-21(19,20)17(13-8-4-3-7-12(13)15)11-14(18)16-9-5-2-6-10-16/h3-4,7-8H,2,5-6,9-11H2,1H3. The molecule has 0 saturated carbocycles. The number of halogens is 1. The molecule has 1 aromatic rings. The largest absolute Gasteiger partial charge is 0.341 e. The maximum atomic E-state index is 12.3. The molecule has 1 amide bonds. The summed E-state index contributed by atoms with van der Waals surface area (Å²) in [4.78, 5) is 14.1. The van der Waals surface area contributed by atoms with E-state index >= 15 is 0 Å². The quantitative estimate of drug-likeness (QED) is 0.811. The monoisotopic (exact) mass is 374 g/mol. The number of carbonyl (C=O) groups excluding carboxylic acids is 1. The van der Waals surface area contributed by atoms with Crippen LogP contribution in [0.5, 0.6) is 0 Å². The van der Waals surface area contributed by atoms with Gasteiger partial charge in [0.1, 0.15) is 6.54 Å². The van der Waals surface area contributed by atoms with Gasteiger partial charge in [0.25, 0.3) is 0 Å². The molecule has 7 heteroatoms. The van der Waals surface area contributed by atoms with Crippen molar-refractivity contribution in [1.29, 1.82) is 0 Å². The minimum Gasteiger partial charge on any atom is -0.341 e. The molecule has 0 bridgehead atoms. The molecule has 0 atom stereocenters. The van der Waals surface area contributed by atoms with Gasteiger partial charge >= 0.3 is 0 Å². The highest BCUT2D eigenvalue weighted by molar-refractivity contribution is 9.10. The number of amides is 1. The van der Waals surface area contributed by atoms with Crippen LogP contribution in [0.15, 0.2) is 28.7 Å². The number of rotatable bonds is 4. The molecule has 0 aliphatic carbocycles. The fourth-order valence-electron chi connectivity index (χ4n) is 2.40. The predicted octanol–water partition coefficient (Wildman–Crippen LogP) is 2.23. The Morgan fingerprint density at radius 3 is 2.43 bits per heavy atom. The number of nitrogens with zero attached hydrogens (tertiary/aromatic N) is 2. The van der Waals surface area contributed by atoms with E-state index in [2.05, 4.69) is 15.9 Å². The number of carbonyl (C=O) groups is 1. The van der Waals surface area contributed by atoms with Crippen molar-refractivity contribution >= 4 is 37.5 Å². The molecule has 116 valence electrons. The second-order valence-electron chi connectivity index (χ2n) is 5.16. The summed E-state index contributed by atoms with van der Waals surface area (Å²) in [6, 6.07) is 7.01. The van der Waals surface area contributed by atoms with Crippen LogP contribution in [-0.4, -0.2) is 45.1 Å². The molecule has 1 aliphatic heterocycles. The van der Waals surface area contributed by atoms with Crippen molar-refractivity contribution in [3.63, 3.8) is 0 Å². The average Bonchev–Trinajstić information content (AvgIpc) is 2.45. The van der Waals surface area contributed by atoms with Crippen LogP contribution in [0.2, 0.25) is 0 Å². The SMILES string of the molecule is CS(=O)(=O)N(CC(=O)N1CCCCC1)c1ccccc1Br. The molecule has 5 nitrogen and oxygen atoms in total. The van der Waals surface area contributed by atoms with Crippen molar-refractivity contribution in [2.24, 2.45) is 0 Å². The van der Waals surface area contributed by atoms with Gasteiger partial charge in [0.05, 0.1) is 11.9 Å². The topological polar surface area (TPSA) is 57.7 Å². The second-order valence-corrected chi connectivity index (χ2v) is 7.92. The molecule has 1 heterocycles. The Labute approximate surface area is 134 Å². The minimum absolute atomic E-state index is 0.143. The van der Waals surface area contributed by atoms with Crippen LogP contribution in [0.1, 0.15) is 19.3 Å². The first-order valence-electron chi connectivity index (χ1n) is 6.89. The zero-order valence-corrected chi connectivity index (χ0v) is 14.4. The number of sulfonamides is 1. The van der Waals surface area contributed by atoms with E-state index in [0.29, 0.717) is 23.2 Å². The Hall–Kier alpha value is -1.08. The van der Waals surface area contributed by atoms with E-state index in [9.17, 15) is 13.2 Å². The molecule has 0 aromatic heterocycles. The summed E-state index contributed by atoms with van der Waals surface area (Å²) in [6.07, 6.45) is 4.22. The van der Waals surface area contributed by atoms with Gasteiger partial charge in [-0.05, 0) is 47.3 Å². The molecule has 1 saturated heterocycles. The first-order chi connectivity index (χ1) is 9.89. The van der Waals surface area contributed by atoms with Crippen LogP contribution < -0.4 is 4.31 Å². The van der Waals surface area contributed by atoms with E-state index in [0.717, 1.165) is 29.8 Å². The van der Waals surface area contributed by atoms with Gasteiger partial charge in [-0.25, -0.2) is 8.42 Å². The van der Waals surface area contributed by atoms with E-state index in [1.165, 1.54) is 0 Å². The smallest absolute Gasteiger partial charge is 0.243 e. The van der Waals surface area contributed by atoms with Crippen LogP contribution in [0.25, 0.3) is 0 Å². The van der Waals surface area contributed by atoms with E-state index in [1.807, 2.05) is 0 Å². The number of anilines is 1. The zero-order chi connectivity index (χ0) is 15.5. The molecular formula is C14H19BrN2O3S. The molecule has 1 fully saturated rings. The summed E-state index contributed by atoms with van der Waals surface area (Å²) in [5, 5.41) is 0. The van der Waals surface area contributed by atoms with Crippen molar-refractivity contribution in [3.8, 4) is 0 Å². The summed E-state index contributed by atoms with van der Waals surface area (Å²) < 4.78 is 25.9. The van der Waals surface area contributed by atoms with Gasteiger partial charge in [-0.1, -0.05) is 12.1 Å². The summed E-state index contributed by atoms with van der Waals surface area (Å²) in [5.41, 5.74) is 0.491. The van der Waals surface area contributed by atoms with E-state index in [-0.39, 0.29) is 12.5 Å². The van der Waals surface area contributed by atoms with E-state index in [1.54, 1.807) is 29.2 Å². The molecule has 0 N–H and O–H groups in total. The Morgan fingerprint density at radius 1 is 1.24 bits per heavy atom. The van der Waals surface area contributed by atoms with Crippen molar-refractivity contribution < 1.29 is 13.2 Å². The van der Waals surface area contributed by atoms with Crippen LogP contribution in [0, 0.1) is 0 Å². The van der Waals surface area contributed by atoms with Gasteiger partial charge in [0.2, 0.25) is 15.9 Å². The normalized spacial score (nSPS) is 15.8. The van der Waals surface area contributed by atoms with Gasteiger partial charge in [-0.15, -0.1) is 0 Å². The highest BCUT2D eigenvalue weighted by Gasteiger charge is 2.25. The molecule has 1 aromatic carbocycles. The lowest BCUT2D eigenvalue weighted by atomic mass is 10.1. The lowest BCUT2D eigenvalue weighted by molar-refractivity contribution is -0.130. The Kier molecular flexibility index (Phi) is 5.27. The first kappa shape index (κ1) is 16.3. The summed E-state index contributed by atoms with van der Waals surface area (Å²) in [7, 11) is -3.52. The van der Waals surface area contributed by atoms with Gasteiger partial charge in [-0.3, -0.25) is 9.10 Å². The summed E-state index contributed by atoms with van der Waals surface area (Å²) >= 11 is 3.34. The molecule has 1 aliphatic rings. The number of para-hydroxylation sites is 1. The van der Waals surface area contributed by atoms with Crippen molar-refractivity contribution in [2.75, 3.05) is 30.2 Å². The Morgan fingerprint density at radius 2 is 1.86 bits per heavy atom. The van der Waals surface area contributed by atoms with Crippen molar-refractivity contribution in [3.05, 3.63) is 28.7 Å². The molecule has 0 unspecified atom stereocenters. The maximum absolute atomic E-state index is 12.3.